The molecule has 0 bridgehead atoms. The number of rotatable bonds is 3. The summed E-state index contributed by atoms with van der Waals surface area (Å²) < 4.78 is 11.9. The summed E-state index contributed by atoms with van der Waals surface area (Å²) in [5.41, 5.74) is 1.26. The Hall–Kier alpha value is -1.27. The molecule has 0 saturated heterocycles. The highest BCUT2D eigenvalue weighted by Crippen LogP contribution is 2.44. The fourth-order valence-corrected chi connectivity index (χ4v) is 4.05. The van der Waals surface area contributed by atoms with Crippen LogP contribution in [0.1, 0.15) is 40.4 Å². The number of thioether (sulfide) groups is 1. The van der Waals surface area contributed by atoms with E-state index in [1.807, 2.05) is 12.1 Å². The molecule has 2 aromatic rings. The molecule has 0 atom stereocenters. The van der Waals surface area contributed by atoms with E-state index in [0.29, 0.717) is 23.7 Å². The number of halogens is 1. The number of nitrogens with zero attached hydrogens (tertiary/aromatic N) is 1. The standard InChI is InChI=1S/C15H12BrNO3S/c16-11-4-3-9(15-14(11)19-5-6-21-15)12(18)10-7-17-20-13(10)8-1-2-8/h3-4,7-8H,1-2,5-6H2. The van der Waals surface area contributed by atoms with Gasteiger partial charge in [-0.2, -0.15) is 0 Å². The zero-order chi connectivity index (χ0) is 14.4. The second-order valence-electron chi connectivity index (χ2n) is 5.16. The van der Waals surface area contributed by atoms with Crippen molar-refractivity contribution in [2.24, 2.45) is 0 Å². The average molecular weight is 366 g/mol. The normalized spacial score (nSPS) is 17.2. The lowest BCUT2D eigenvalue weighted by Gasteiger charge is -2.20. The van der Waals surface area contributed by atoms with Crippen molar-refractivity contribution in [3.63, 3.8) is 0 Å². The van der Waals surface area contributed by atoms with Gasteiger partial charge in [-0.05, 0) is 40.9 Å². The lowest BCUT2D eigenvalue weighted by Crippen LogP contribution is -2.12. The minimum absolute atomic E-state index is 0.0279. The monoisotopic (exact) mass is 365 g/mol. The van der Waals surface area contributed by atoms with E-state index in [4.69, 9.17) is 9.26 Å². The van der Waals surface area contributed by atoms with E-state index >= 15 is 0 Å². The number of ether oxygens (including phenoxy) is 1. The first-order valence-electron chi connectivity index (χ1n) is 6.83. The molecule has 4 rings (SSSR count). The van der Waals surface area contributed by atoms with E-state index in [2.05, 4.69) is 21.1 Å². The van der Waals surface area contributed by atoms with Crippen LogP contribution < -0.4 is 4.74 Å². The molecule has 1 aliphatic heterocycles. The van der Waals surface area contributed by atoms with Crippen LogP contribution in [0.2, 0.25) is 0 Å². The van der Waals surface area contributed by atoms with Gasteiger partial charge in [0.05, 0.1) is 27.7 Å². The van der Waals surface area contributed by atoms with Crippen molar-refractivity contribution < 1.29 is 14.1 Å². The lowest BCUT2D eigenvalue weighted by atomic mass is 10.0. The van der Waals surface area contributed by atoms with Gasteiger partial charge < -0.3 is 9.26 Å². The molecule has 108 valence electrons. The third-order valence-corrected chi connectivity index (χ3v) is 5.37. The van der Waals surface area contributed by atoms with Gasteiger partial charge in [-0.25, -0.2) is 0 Å². The van der Waals surface area contributed by atoms with E-state index < -0.39 is 0 Å². The first kappa shape index (κ1) is 13.4. The SMILES string of the molecule is O=C(c1cnoc1C1CC1)c1ccc(Br)c2c1SCCO2. The molecular formula is C15H12BrNO3S. The lowest BCUT2D eigenvalue weighted by molar-refractivity contribution is 0.103. The van der Waals surface area contributed by atoms with Crippen LogP contribution in [-0.4, -0.2) is 23.3 Å². The topological polar surface area (TPSA) is 52.3 Å². The number of ketones is 1. The summed E-state index contributed by atoms with van der Waals surface area (Å²) in [5, 5.41) is 3.82. The molecule has 1 aromatic carbocycles. The summed E-state index contributed by atoms with van der Waals surface area (Å²) in [6.07, 6.45) is 3.69. The van der Waals surface area contributed by atoms with E-state index in [9.17, 15) is 4.79 Å². The van der Waals surface area contributed by atoms with Crippen LogP contribution in [0.3, 0.4) is 0 Å². The second kappa shape index (κ2) is 5.18. The Labute approximate surface area is 134 Å². The van der Waals surface area contributed by atoms with Crippen LogP contribution in [0.5, 0.6) is 5.75 Å². The maximum absolute atomic E-state index is 12.9. The molecular weight excluding hydrogens is 354 g/mol. The van der Waals surface area contributed by atoms with Crippen molar-refractivity contribution in [2.45, 2.75) is 23.7 Å². The van der Waals surface area contributed by atoms with Crippen molar-refractivity contribution in [1.82, 2.24) is 5.16 Å². The number of fused-ring (bicyclic) bond motifs is 1. The van der Waals surface area contributed by atoms with Crippen molar-refractivity contribution in [1.29, 1.82) is 0 Å². The summed E-state index contributed by atoms with van der Waals surface area (Å²) in [5.74, 6) is 2.68. The van der Waals surface area contributed by atoms with E-state index in [0.717, 1.165) is 39.5 Å². The van der Waals surface area contributed by atoms with Crippen LogP contribution in [0.25, 0.3) is 0 Å². The molecule has 0 radical (unpaired) electrons. The largest absolute Gasteiger partial charge is 0.490 e. The van der Waals surface area contributed by atoms with Crippen molar-refractivity contribution >= 4 is 33.5 Å². The van der Waals surface area contributed by atoms with Gasteiger partial charge in [0, 0.05) is 17.2 Å². The molecule has 2 aliphatic rings. The maximum atomic E-state index is 12.9. The predicted molar refractivity (Wildman–Crippen MR) is 82.3 cm³/mol. The number of hydrogen-bond acceptors (Lipinski definition) is 5. The third-order valence-electron chi connectivity index (χ3n) is 3.68. The fraction of sp³-hybridized carbons (Fsp3) is 0.333. The van der Waals surface area contributed by atoms with Crippen molar-refractivity contribution in [3.05, 3.63) is 39.7 Å². The van der Waals surface area contributed by atoms with Gasteiger partial charge in [0.1, 0.15) is 5.75 Å². The zero-order valence-corrected chi connectivity index (χ0v) is 13.5. The minimum Gasteiger partial charge on any atom is -0.490 e. The van der Waals surface area contributed by atoms with Crippen molar-refractivity contribution in [2.75, 3.05) is 12.4 Å². The summed E-state index contributed by atoms with van der Waals surface area (Å²) in [4.78, 5) is 13.8. The van der Waals surface area contributed by atoms with Crippen LogP contribution in [-0.2, 0) is 0 Å². The number of carbonyl (C=O) groups excluding carboxylic acids is 1. The van der Waals surface area contributed by atoms with Gasteiger partial charge in [-0.1, -0.05) is 5.16 Å². The highest BCUT2D eigenvalue weighted by molar-refractivity contribution is 9.10. The number of aromatic nitrogens is 1. The van der Waals surface area contributed by atoms with Crippen LogP contribution in [0, 0.1) is 0 Å². The highest BCUT2D eigenvalue weighted by atomic mass is 79.9. The first-order chi connectivity index (χ1) is 10.3. The predicted octanol–water partition coefficient (Wildman–Crippen LogP) is 4.03. The molecule has 1 fully saturated rings. The molecule has 0 spiro atoms. The minimum atomic E-state index is -0.0279. The first-order valence-corrected chi connectivity index (χ1v) is 8.61. The van der Waals surface area contributed by atoms with Crippen molar-refractivity contribution in [3.8, 4) is 5.75 Å². The quantitative estimate of drug-likeness (QED) is 0.768. The van der Waals surface area contributed by atoms with Gasteiger partial charge in [-0.3, -0.25) is 4.79 Å². The van der Waals surface area contributed by atoms with Gasteiger partial charge in [0.15, 0.2) is 11.5 Å². The van der Waals surface area contributed by atoms with Crippen LogP contribution in [0.15, 0.2) is 32.2 Å². The molecule has 1 aromatic heterocycles. The molecule has 0 amide bonds. The maximum Gasteiger partial charge on any atom is 0.199 e. The molecule has 0 unspecified atom stereocenters. The fourth-order valence-electron chi connectivity index (χ4n) is 2.49. The second-order valence-corrected chi connectivity index (χ2v) is 7.12. The Morgan fingerprint density at radius 3 is 3.00 bits per heavy atom. The summed E-state index contributed by atoms with van der Waals surface area (Å²) >= 11 is 5.14. The highest BCUT2D eigenvalue weighted by Gasteiger charge is 2.34. The number of hydrogen-bond donors (Lipinski definition) is 0. The smallest absolute Gasteiger partial charge is 0.199 e. The Bertz CT molecular complexity index is 724. The van der Waals surface area contributed by atoms with Gasteiger partial charge in [-0.15, -0.1) is 11.8 Å². The van der Waals surface area contributed by atoms with Gasteiger partial charge in [0.2, 0.25) is 0 Å². The van der Waals surface area contributed by atoms with Gasteiger partial charge in [0.25, 0.3) is 0 Å². The Morgan fingerprint density at radius 1 is 1.33 bits per heavy atom. The molecule has 1 aliphatic carbocycles. The third kappa shape index (κ3) is 2.30. The number of carbonyl (C=O) groups is 1. The van der Waals surface area contributed by atoms with Crippen LogP contribution in [0.4, 0.5) is 0 Å². The van der Waals surface area contributed by atoms with E-state index in [1.54, 1.807) is 18.0 Å². The average Bonchev–Trinajstić information content (AvgIpc) is 3.24. The summed E-state index contributed by atoms with van der Waals surface area (Å²) in [6, 6.07) is 3.71. The molecule has 6 heteroatoms. The molecule has 0 N–H and O–H groups in total. The molecule has 1 saturated carbocycles. The number of benzene rings is 1. The molecule has 2 heterocycles. The van der Waals surface area contributed by atoms with E-state index in [1.165, 1.54) is 0 Å². The summed E-state index contributed by atoms with van der Waals surface area (Å²) in [6.45, 7) is 0.661. The Balaban J connectivity index is 1.79. The molecule has 4 nitrogen and oxygen atoms in total. The Morgan fingerprint density at radius 2 is 2.19 bits per heavy atom. The summed E-state index contributed by atoms with van der Waals surface area (Å²) in [7, 11) is 0. The van der Waals surface area contributed by atoms with E-state index in [-0.39, 0.29) is 5.78 Å². The Kier molecular flexibility index (Phi) is 3.30. The zero-order valence-electron chi connectivity index (χ0n) is 11.1. The molecule has 21 heavy (non-hydrogen) atoms. The van der Waals surface area contributed by atoms with Crippen LogP contribution >= 0.6 is 27.7 Å². The van der Waals surface area contributed by atoms with Gasteiger partial charge >= 0.3 is 0 Å².